The van der Waals surface area contributed by atoms with Crippen LogP contribution in [-0.2, 0) is 4.79 Å². The fourth-order valence-corrected chi connectivity index (χ4v) is 4.00. The van der Waals surface area contributed by atoms with Gasteiger partial charge in [-0.2, -0.15) is 0 Å². The van der Waals surface area contributed by atoms with Crippen molar-refractivity contribution in [1.29, 1.82) is 0 Å². The summed E-state index contributed by atoms with van der Waals surface area (Å²) in [4.78, 5) is 20.3. The van der Waals surface area contributed by atoms with E-state index in [1.165, 1.54) is 12.3 Å². The number of aliphatic hydroxyl groups is 1. The Morgan fingerprint density at radius 2 is 2.17 bits per heavy atom. The average Bonchev–Trinajstić information content (AvgIpc) is 3.08. The molecule has 1 atom stereocenters. The SMILES string of the molecule is CN(CC1(O)CCCN(c2ccc(F)cn2)C1)C(=O)C1CCCC1. The summed E-state index contributed by atoms with van der Waals surface area (Å²) in [5, 5.41) is 11.0. The van der Waals surface area contributed by atoms with E-state index in [0.29, 0.717) is 25.3 Å². The molecule has 1 saturated heterocycles. The zero-order valence-corrected chi connectivity index (χ0v) is 14.2. The molecule has 1 aromatic heterocycles. The number of carbonyl (C=O) groups is 1. The molecule has 1 aromatic rings. The molecular weight excluding hydrogens is 309 g/mol. The van der Waals surface area contributed by atoms with Crippen molar-refractivity contribution in [3.05, 3.63) is 24.1 Å². The Balaban J connectivity index is 1.63. The van der Waals surface area contributed by atoms with Crippen LogP contribution in [0.2, 0.25) is 0 Å². The number of β-amino-alcohol motifs (C(OH)–C–C–N with tert-alkyl or cyclic N) is 1. The van der Waals surface area contributed by atoms with E-state index in [0.717, 1.165) is 38.6 Å². The molecule has 2 aliphatic rings. The van der Waals surface area contributed by atoms with Crippen molar-refractivity contribution >= 4 is 11.7 Å². The number of amides is 1. The van der Waals surface area contributed by atoms with Gasteiger partial charge in [0, 0.05) is 26.1 Å². The van der Waals surface area contributed by atoms with Gasteiger partial charge in [-0.3, -0.25) is 4.79 Å². The zero-order chi connectivity index (χ0) is 17.2. The van der Waals surface area contributed by atoms with Gasteiger partial charge in [0.15, 0.2) is 0 Å². The average molecular weight is 335 g/mol. The van der Waals surface area contributed by atoms with Gasteiger partial charge >= 0.3 is 0 Å². The van der Waals surface area contributed by atoms with Gasteiger partial charge < -0.3 is 14.9 Å². The van der Waals surface area contributed by atoms with Crippen LogP contribution in [0.15, 0.2) is 18.3 Å². The van der Waals surface area contributed by atoms with Gasteiger partial charge in [-0.1, -0.05) is 12.8 Å². The van der Waals surface area contributed by atoms with Gasteiger partial charge in [0.05, 0.1) is 18.3 Å². The molecule has 1 saturated carbocycles. The number of carbonyl (C=O) groups excluding carboxylic acids is 1. The molecule has 1 amide bonds. The summed E-state index contributed by atoms with van der Waals surface area (Å²) in [6.45, 7) is 1.52. The predicted molar refractivity (Wildman–Crippen MR) is 90.2 cm³/mol. The third-order valence-electron chi connectivity index (χ3n) is 5.20. The lowest BCUT2D eigenvalue weighted by molar-refractivity contribution is -0.137. The van der Waals surface area contributed by atoms with E-state index in [2.05, 4.69) is 4.98 Å². The van der Waals surface area contributed by atoms with E-state index in [9.17, 15) is 14.3 Å². The third-order valence-corrected chi connectivity index (χ3v) is 5.20. The number of likely N-dealkylation sites (N-methyl/N-ethyl adjacent to an activating group) is 1. The van der Waals surface area contributed by atoms with Crippen LogP contribution in [-0.4, -0.2) is 53.2 Å². The van der Waals surface area contributed by atoms with Crippen molar-refractivity contribution in [2.45, 2.75) is 44.1 Å². The quantitative estimate of drug-likeness (QED) is 0.916. The maximum Gasteiger partial charge on any atom is 0.225 e. The highest BCUT2D eigenvalue weighted by Crippen LogP contribution is 2.29. The highest BCUT2D eigenvalue weighted by molar-refractivity contribution is 5.78. The number of pyridine rings is 1. The largest absolute Gasteiger partial charge is 0.386 e. The Morgan fingerprint density at radius 1 is 1.42 bits per heavy atom. The minimum Gasteiger partial charge on any atom is -0.386 e. The lowest BCUT2D eigenvalue weighted by atomic mass is 9.91. The summed E-state index contributed by atoms with van der Waals surface area (Å²) in [7, 11) is 1.79. The molecule has 0 aromatic carbocycles. The van der Waals surface area contributed by atoms with Crippen LogP contribution in [0.4, 0.5) is 10.2 Å². The van der Waals surface area contributed by atoms with Crippen molar-refractivity contribution in [1.82, 2.24) is 9.88 Å². The maximum atomic E-state index is 13.0. The number of hydrogen-bond acceptors (Lipinski definition) is 4. The second kappa shape index (κ2) is 7.05. The first kappa shape index (κ1) is 17.1. The van der Waals surface area contributed by atoms with Gasteiger partial charge in [-0.05, 0) is 37.8 Å². The first-order valence-electron chi connectivity index (χ1n) is 8.81. The molecule has 0 radical (unpaired) electrons. The summed E-state index contributed by atoms with van der Waals surface area (Å²) in [6.07, 6.45) is 6.85. The topological polar surface area (TPSA) is 56.7 Å². The van der Waals surface area contributed by atoms with Crippen LogP contribution >= 0.6 is 0 Å². The fraction of sp³-hybridized carbons (Fsp3) is 0.667. The van der Waals surface area contributed by atoms with Crippen LogP contribution in [0.3, 0.4) is 0 Å². The van der Waals surface area contributed by atoms with E-state index < -0.39 is 5.60 Å². The number of rotatable bonds is 4. The number of halogens is 1. The highest BCUT2D eigenvalue weighted by atomic mass is 19.1. The van der Waals surface area contributed by atoms with Gasteiger partial charge in [0.1, 0.15) is 11.6 Å². The van der Waals surface area contributed by atoms with Crippen LogP contribution in [0.25, 0.3) is 0 Å². The minimum absolute atomic E-state index is 0.122. The molecule has 0 spiro atoms. The molecule has 0 bridgehead atoms. The number of hydrogen-bond donors (Lipinski definition) is 1. The summed E-state index contributed by atoms with van der Waals surface area (Å²) >= 11 is 0. The van der Waals surface area contributed by atoms with E-state index in [-0.39, 0.29) is 17.6 Å². The number of nitrogens with zero attached hydrogens (tertiary/aromatic N) is 3. The molecular formula is C18H26FN3O2. The van der Waals surface area contributed by atoms with Gasteiger partial charge in [-0.25, -0.2) is 9.37 Å². The van der Waals surface area contributed by atoms with Gasteiger partial charge in [0.2, 0.25) is 5.91 Å². The molecule has 6 heteroatoms. The Morgan fingerprint density at radius 3 is 2.83 bits per heavy atom. The minimum atomic E-state index is -0.947. The van der Waals surface area contributed by atoms with Crippen LogP contribution in [0.1, 0.15) is 38.5 Å². The van der Waals surface area contributed by atoms with Crippen LogP contribution in [0.5, 0.6) is 0 Å². The molecule has 24 heavy (non-hydrogen) atoms. The molecule has 1 unspecified atom stereocenters. The van der Waals surface area contributed by atoms with Crippen molar-refractivity contribution < 1.29 is 14.3 Å². The Labute approximate surface area is 142 Å². The Kier molecular flexibility index (Phi) is 5.04. The monoisotopic (exact) mass is 335 g/mol. The summed E-state index contributed by atoms with van der Waals surface area (Å²) < 4.78 is 13.0. The highest BCUT2D eigenvalue weighted by Gasteiger charge is 2.37. The van der Waals surface area contributed by atoms with Gasteiger partial charge in [0.25, 0.3) is 0 Å². The number of anilines is 1. The predicted octanol–water partition coefficient (Wildman–Crippen LogP) is 2.20. The summed E-state index contributed by atoms with van der Waals surface area (Å²) in [6, 6.07) is 3.01. The number of aromatic nitrogens is 1. The van der Waals surface area contributed by atoms with Crippen LogP contribution in [0, 0.1) is 11.7 Å². The molecule has 1 aliphatic carbocycles. The lowest BCUT2D eigenvalue weighted by Gasteiger charge is -2.42. The molecule has 3 rings (SSSR count). The van der Waals surface area contributed by atoms with E-state index in [1.54, 1.807) is 18.0 Å². The first-order chi connectivity index (χ1) is 11.5. The maximum absolute atomic E-state index is 13.0. The van der Waals surface area contributed by atoms with Crippen molar-refractivity contribution in [3.63, 3.8) is 0 Å². The third kappa shape index (κ3) is 3.86. The molecule has 132 valence electrons. The second-order valence-electron chi connectivity index (χ2n) is 7.26. The summed E-state index contributed by atoms with van der Waals surface area (Å²) in [5.74, 6) is 0.572. The van der Waals surface area contributed by atoms with Crippen molar-refractivity contribution in [2.75, 3.05) is 31.6 Å². The van der Waals surface area contributed by atoms with E-state index >= 15 is 0 Å². The Hall–Kier alpha value is -1.69. The molecule has 1 N–H and O–H groups in total. The summed E-state index contributed by atoms with van der Waals surface area (Å²) in [5.41, 5.74) is -0.947. The lowest BCUT2D eigenvalue weighted by Crippen LogP contribution is -2.55. The standard InChI is InChI=1S/C18H26FN3O2/c1-21(17(23)14-5-2-3-6-14)12-18(24)9-4-10-22(13-18)16-8-7-15(19)11-20-16/h7-8,11,14,24H,2-6,9-10,12-13H2,1H3. The van der Waals surface area contributed by atoms with Crippen molar-refractivity contribution in [2.24, 2.45) is 5.92 Å². The number of piperidine rings is 1. The normalized spacial score (nSPS) is 25.0. The van der Waals surface area contributed by atoms with E-state index in [1.807, 2.05) is 4.90 Å². The second-order valence-corrected chi connectivity index (χ2v) is 7.26. The first-order valence-corrected chi connectivity index (χ1v) is 8.81. The Bertz CT molecular complexity index is 574. The van der Waals surface area contributed by atoms with Crippen LogP contribution < -0.4 is 4.90 Å². The molecule has 1 aliphatic heterocycles. The smallest absolute Gasteiger partial charge is 0.225 e. The fourth-order valence-electron chi connectivity index (χ4n) is 4.00. The molecule has 2 fully saturated rings. The molecule has 5 nitrogen and oxygen atoms in total. The van der Waals surface area contributed by atoms with E-state index in [4.69, 9.17) is 0 Å². The zero-order valence-electron chi connectivity index (χ0n) is 14.2. The molecule has 2 heterocycles. The van der Waals surface area contributed by atoms with Crippen molar-refractivity contribution in [3.8, 4) is 0 Å². The van der Waals surface area contributed by atoms with Gasteiger partial charge in [-0.15, -0.1) is 0 Å².